The summed E-state index contributed by atoms with van der Waals surface area (Å²) in [4.78, 5) is 37.5. The number of carbonyl (C=O) groups is 3. The van der Waals surface area contributed by atoms with Crippen LogP contribution in [0.25, 0.3) is 0 Å². The van der Waals surface area contributed by atoms with Crippen LogP contribution in [0.3, 0.4) is 0 Å². The Balaban J connectivity index is 1.92. The number of primary amides is 1. The van der Waals surface area contributed by atoms with Crippen molar-refractivity contribution < 1.29 is 34.8 Å². The average Bonchev–Trinajstić information content (AvgIpc) is 2.64. The number of hydrogen-bond acceptors (Lipinski definition) is 8. The first-order chi connectivity index (χ1) is 13.6. The summed E-state index contributed by atoms with van der Waals surface area (Å²) in [6, 6.07) is 2.95. The van der Waals surface area contributed by atoms with Crippen LogP contribution in [0.5, 0.6) is 5.75 Å². The van der Waals surface area contributed by atoms with Crippen LogP contribution in [-0.4, -0.2) is 43.5 Å². The largest absolute Gasteiger partial charge is 0.511 e. The molecule has 0 aliphatic heterocycles. The van der Waals surface area contributed by atoms with E-state index in [4.69, 9.17) is 11.5 Å². The molecule has 0 bridgehead atoms. The van der Waals surface area contributed by atoms with Crippen molar-refractivity contribution in [3.8, 4) is 5.75 Å². The van der Waals surface area contributed by atoms with Crippen molar-refractivity contribution in [3.63, 3.8) is 0 Å². The normalized spacial score (nSPS) is 28.8. The smallest absolute Gasteiger partial charge is 0.255 e. The third kappa shape index (κ3) is 2.37. The molecule has 2 unspecified atom stereocenters. The second kappa shape index (κ2) is 6.16. The minimum Gasteiger partial charge on any atom is -0.511 e. The number of hydrogen-bond donors (Lipinski definition) is 6. The van der Waals surface area contributed by atoms with Gasteiger partial charge >= 0.3 is 0 Å². The van der Waals surface area contributed by atoms with Crippen LogP contribution in [-0.2, 0) is 22.6 Å². The molecule has 3 aliphatic rings. The lowest BCUT2D eigenvalue weighted by atomic mass is 9.60. The van der Waals surface area contributed by atoms with E-state index in [2.05, 4.69) is 0 Å². The zero-order valence-corrected chi connectivity index (χ0v) is 15.3. The molecule has 0 saturated carbocycles. The SMILES string of the molecule is NCc1ccc(O)c2c1CC1CC3CC(O)=C(C(N)=O)C(=O)[C@@]3(O)C(O)=C1C2=O. The zero-order valence-electron chi connectivity index (χ0n) is 15.3. The van der Waals surface area contributed by atoms with Gasteiger partial charge in [-0.15, -0.1) is 0 Å². The van der Waals surface area contributed by atoms with Gasteiger partial charge in [-0.1, -0.05) is 6.07 Å². The molecule has 152 valence electrons. The van der Waals surface area contributed by atoms with Gasteiger partial charge in [0.2, 0.25) is 5.78 Å². The summed E-state index contributed by atoms with van der Waals surface area (Å²) in [5, 5.41) is 42.3. The van der Waals surface area contributed by atoms with Gasteiger partial charge in [-0.2, -0.15) is 0 Å². The minimum atomic E-state index is -2.54. The Bertz CT molecular complexity index is 1060. The summed E-state index contributed by atoms with van der Waals surface area (Å²) < 4.78 is 0. The van der Waals surface area contributed by atoms with Crippen molar-refractivity contribution >= 4 is 17.5 Å². The first-order valence-electron chi connectivity index (χ1n) is 9.14. The average molecular weight is 400 g/mol. The molecule has 1 aromatic carbocycles. The van der Waals surface area contributed by atoms with E-state index in [0.29, 0.717) is 11.1 Å². The maximum Gasteiger partial charge on any atom is 0.255 e. The quantitative estimate of drug-likeness (QED) is 0.376. The van der Waals surface area contributed by atoms with E-state index in [1.54, 1.807) is 6.07 Å². The van der Waals surface area contributed by atoms with Crippen LogP contribution in [0.1, 0.15) is 34.3 Å². The second-order valence-electron chi connectivity index (χ2n) is 7.71. The second-order valence-corrected chi connectivity index (χ2v) is 7.71. The Morgan fingerprint density at radius 3 is 2.48 bits per heavy atom. The van der Waals surface area contributed by atoms with Crippen molar-refractivity contribution in [2.45, 2.75) is 31.4 Å². The molecular weight excluding hydrogens is 380 g/mol. The lowest BCUT2D eigenvalue weighted by Gasteiger charge is -2.45. The molecule has 9 nitrogen and oxygen atoms in total. The molecule has 1 aromatic rings. The maximum absolute atomic E-state index is 13.2. The van der Waals surface area contributed by atoms with Gasteiger partial charge in [-0.3, -0.25) is 14.4 Å². The number of phenols is 1. The Morgan fingerprint density at radius 1 is 1.17 bits per heavy atom. The van der Waals surface area contributed by atoms with E-state index in [-0.39, 0.29) is 42.7 Å². The molecule has 0 fully saturated rings. The fourth-order valence-electron chi connectivity index (χ4n) is 4.87. The number of ketones is 2. The number of nitrogens with two attached hydrogens (primary N) is 2. The van der Waals surface area contributed by atoms with E-state index < -0.39 is 52.0 Å². The Labute approximate surface area is 164 Å². The van der Waals surface area contributed by atoms with Crippen LogP contribution in [0.4, 0.5) is 0 Å². The maximum atomic E-state index is 13.2. The van der Waals surface area contributed by atoms with Gasteiger partial charge in [0.25, 0.3) is 5.91 Å². The summed E-state index contributed by atoms with van der Waals surface area (Å²) in [6.07, 6.45) is 0.108. The summed E-state index contributed by atoms with van der Waals surface area (Å²) in [5.74, 6) is -6.37. The van der Waals surface area contributed by atoms with Crippen LogP contribution in [0.2, 0.25) is 0 Å². The third-order valence-corrected chi connectivity index (χ3v) is 6.26. The fraction of sp³-hybridized carbons (Fsp3) is 0.350. The standard InChI is InChI=1S/C20H20N2O7/c21-6-7-1-2-11(23)14-10(7)4-8-3-9-5-12(24)15(19(22)28)18(27)20(9,29)17(26)13(8)16(14)25/h1-2,8-9,23-24,26,29H,3-6,21H2,(H2,22,28)/t8?,9?,20-/m0/s1. The number of rotatable bonds is 2. The predicted octanol–water partition coefficient (Wildman–Crippen LogP) is 0.0392. The monoisotopic (exact) mass is 400 g/mol. The molecule has 29 heavy (non-hydrogen) atoms. The first kappa shape index (κ1) is 19.2. The number of aliphatic hydroxyl groups excluding tert-OH is 2. The van der Waals surface area contributed by atoms with Crippen molar-refractivity contribution in [1.82, 2.24) is 0 Å². The highest BCUT2D eigenvalue weighted by molar-refractivity contribution is 6.24. The van der Waals surface area contributed by atoms with Crippen LogP contribution < -0.4 is 11.5 Å². The number of benzene rings is 1. The predicted molar refractivity (Wildman–Crippen MR) is 98.7 cm³/mol. The molecule has 3 atom stereocenters. The first-order valence-corrected chi connectivity index (χ1v) is 9.14. The summed E-state index contributed by atoms with van der Waals surface area (Å²) in [7, 11) is 0. The summed E-state index contributed by atoms with van der Waals surface area (Å²) in [6.45, 7) is 0.144. The third-order valence-electron chi connectivity index (χ3n) is 6.26. The summed E-state index contributed by atoms with van der Waals surface area (Å²) >= 11 is 0. The number of phenolic OH excluding ortho intramolecular Hbond substituents is 1. The van der Waals surface area contributed by atoms with Gasteiger partial charge in [-0.05, 0) is 36.0 Å². The Morgan fingerprint density at radius 2 is 1.86 bits per heavy atom. The molecule has 9 heteroatoms. The van der Waals surface area contributed by atoms with E-state index in [0.717, 1.165) is 0 Å². The fourth-order valence-corrected chi connectivity index (χ4v) is 4.87. The summed E-state index contributed by atoms with van der Waals surface area (Å²) in [5.41, 5.74) is 8.59. The number of carbonyl (C=O) groups excluding carboxylic acids is 3. The minimum absolute atomic E-state index is 0.0235. The van der Waals surface area contributed by atoms with Gasteiger partial charge in [-0.25, -0.2) is 0 Å². The molecule has 4 rings (SSSR count). The van der Waals surface area contributed by atoms with E-state index in [1.165, 1.54) is 6.07 Å². The van der Waals surface area contributed by atoms with Gasteiger partial charge in [0, 0.05) is 24.5 Å². The molecular formula is C20H20N2O7. The van der Waals surface area contributed by atoms with Crippen molar-refractivity contribution in [1.29, 1.82) is 0 Å². The lowest BCUT2D eigenvalue weighted by Crippen LogP contribution is -2.57. The van der Waals surface area contributed by atoms with Crippen LogP contribution >= 0.6 is 0 Å². The van der Waals surface area contributed by atoms with Gasteiger partial charge in [0.1, 0.15) is 22.8 Å². The topological polar surface area (TPSA) is 184 Å². The van der Waals surface area contributed by atoms with Gasteiger partial charge < -0.3 is 31.9 Å². The highest BCUT2D eigenvalue weighted by atomic mass is 16.3. The van der Waals surface area contributed by atoms with Gasteiger partial charge in [0.05, 0.1) is 5.56 Å². The number of aromatic hydroxyl groups is 1. The molecule has 3 aliphatic carbocycles. The van der Waals surface area contributed by atoms with Crippen molar-refractivity contribution in [2.75, 3.05) is 0 Å². The van der Waals surface area contributed by atoms with Crippen LogP contribution in [0, 0.1) is 11.8 Å². The van der Waals surface area contributed by atoms with E-state index >= 15 is 0 Å². The molecule has 0 spiro atoms. The molecule has 0 heterocycles. The number of Topliss-reactive ketones (excluding diaryl/α,β-unsaturated/α-hetero) is 2. The van der Waals surface area contributed by atoms with E-state index in [1.807, 2.05) is 0 Å². The number of aliphatic hydroxyl groups is 3. The molecule has 0 radical (unpaired) electrons. The van der Waals surface area contributed by atoms with Crippen molar-refractivity contribution in [3.05, 3.63) is 51.5 Å². The molecule has 0 aromatic heterocycles. The van der Waals surface area contributed by atoms with Crippen molar-refractivity contribution in [2.24, 2.45) is 23.3 Å². The highest BCUT2D eigenvalue weighted by Gasteiger charge is 2.59. The number of amides is 1. The lowest BCUT2D eigenvalue weighted by molar-refractivity contribution is -0.144. The highest BCUT2D eigenvalue weighted by Crippen LogP contribution is 2.51. The molecule has 8 N–H and O–H groups in total. The zero-order chi connectivity index (χ0) is 21.2. The molecule has 0 saturated heterocycles. The van der Waals surface area contributed by atoms with E-state index in [9.17, 15) is 34.8 Å². The molecule has 1 amide bonds. The van der Waals surface area contributed by atoms with Gasteiger partial charge in [0.15, 0.2) is 11.4 Å². The Kier molecular flexibility index (Phi) is 4.07. The Hall–Kier alpha value is -3.17. The number of fused-ring (bicyclic) bond motifs is 3. The number of allylic oxidation sites excluding steroid dienone is 2. The van der Waals surface area contributed by atoms with Crippen LogP contribution in [0.15, 0.2) is 34.8 Å².